The Labute approximate surface area is 238 Å². The fourth-order valence-electron chi connectivity index (χ4n) is 4.30. The van der Waals surface area contributed by atoms with Crippen LogP contribution in [-0.2, 0) is 12.1 Å². The number of halogens is 7. The molecule has 4 rings (SSSR count). The number of aliphatic hydroxyl groups is 1. The average Bonchev–Trinajstić information content (AvgIpc) is 3.32. The van der Waals surface area contributed by atoms with Crippen LogP contribution in [0.3, 0.4) is 0 Å². The largest absolute Gasteiger partial charge is 0.430 e. The molecule has 3 amide bonds. The Morgan fingerprint density at radius 1 is 0.952 bits per heavy atom. The third-order valence-corrected chi connectivity index (χ3v) is 7.44. The van der Waals surface area contributed by atoms with Crippen LogP contribution in [0.4, 0.5) is 46.3 Å². The van der Waals surface area contributed by atoms with E-state index in [4.69, 9.17) is 0 Å². The van der Waals surface area contributed by atoms with E-state index in [9.17, 15) is 45.4 Å². The lowest BCUT2D eigenvalue weighted by Crippen LogP contribution is -2.53. The summed E-state index contributed by atoms with van der Waals surface area (Å²) < 4.78 is 93.2. The lowest BCUT2D eigenvalue weighted by atomic mass is 9.91. The number of aromatic nitrogens is 1. The van der Waals surface area contributed by atoms with E-state index in [2.05, 4.69) is 15.6 Å². The van der Waals surface area contributed by atoms with Crippen molar-refractivity contribution in [1.29, 1.82) is 0 Å². The van der Waals surface area contributed by atoms with Crippen molar-refractivity contribution in [1.82, 2.24) is 14.8 Å². The molecule has 0 unspecified atom stereocenters. The fraction of sp³-hybridized carbons (Fsp3) is 0.346. The van der Waals surface area contributed by atoms with Gasteiger partial charge in [-0.05, 0) is 30.7 Å². The monoisotopic (exact) mass is 619 g/mol. The van der Waals surface area contributed by atoms with E-state index in [1.54, 1.807) is 12.3 Å². The Morgan fingerprint density at radius 2 is 1.57 bits per heavy atom. The molecule has 1 aliphatic heterocycles. The number of anilines is 2. The number of urea groups is 1. The van der Waals surface area contributed by atoms with E-state index >= 15 is 0 Å². The molecule has 226 valence electrons. The minimum Gasteiger partial charge on any atom is -0.369 e. The third-order valence-electron chi connectivity index (χ3n) is 6.56. The van der Waals surface area contributed by atoms with Gasteiger partial charge in [-0.3, -0.25) is 15.0 Å². The maximum Gasteiger partial charge on any atom is 0.430 e. The molecule has 3 aromatic rings. The zero-order chi connectivity index (χ0) is 30.9. The van der Waals surface area contributed by atoms with Gasteiger partial charge in [0.1, 0.15) is 5.82 Å². The number of nitrogens with zero attached hydrogens (tertiary/aromatic N) is 3. The van der Waals surface area contributed by atoms with Gasteiger partial charge < -0.3 is 15.3 Å². The smallest absolute Gasteiger partial charge is 0.369 e. The minimum atomic E-state index is -5.97. The molecule has 0 saturated carbocycles. The molecule has 0 spiro atoms. The molecule has 0 radical (unpaired) electrons. The Balaban J connectivity index is 1.31. The summed E-state index contributed by atoms with van der Waals surface area (Å²) in [5.41, 5.74) is -5.30. The number of hydrogen-bond donors (Lipinski definition) is 3. The van der Waals surface area contributed by atoms with Crippen LogP contribution in [0.2, 0.25) is 0 Å². The number of carbonyl (C=O) groups excluding carboxylic acids is 2. The van der Waals surface area contributed by atoms with Crippen molar-refractivity contribution >= 4 is 34.1 Å². The zero-order valence-corrected chi connectivity index (χ0v) is 22.6. The molecule has 42 heavy (non-hydrogen) atoms. The van der Waals surface area contributed by atoms with Crippen LogP contribution in [0, 0.1) is 12.7 Å². The van der Waals surface area contributed by atoms with Gasteiger partial charge in [-0.15, -0.1) is 11.3 Å². The molecule has 2 heterocycles. The summed E-state index contributed by atoms with van der Waals surface area (Å²) >= 11 is 1.20. The number of hydrogen-bond acceptors (Lipinski definition) is 6. The van der Waals surface area contributed by atoms with Gasteiger partial charge in [-0.25, -0.2) is 14.2 Å². The molecule has 16 heteroatoms. The van der Waals surface area contributed by atoms with Crippen LogP contribution in [0.1, 0.15) is 27.2 Å². The highest BCUT2D eigenvalue weighted by Gasteiger charge is 2.71. The van der Waals surface area contributed by atoms with Crippen molar-refractivity contribution in [3.63, 3.8) is 0 Å². The molecule has 0 aliphatic carbocycles. The van der Waals surface area contributed by atoms with Crippen LogP contribution in [0.15, 0.2) is 47.8 Å². The summed E-state index contributed by atoms with van der Waals surface area (Å²) in [6.07, 6.45) is -11.9. The fourth-order valence-corrected chi connectivity index (χ4v) is 4.98. The second-order valence-electron chi connectivity index (χ2n) is 9.54. The first-order valence-corrected chi connectivity index (χ1v) is 13.2. The van der Waals surface area contributed by atoms with Crippen LogP contribution >= 0.6 is 11.3 Å². The lowest BCUT2D eigenvalue weighted by Gasteiger charge is -2.35. The maximum atomic E-state index is 14.6. The van der Waals surface area contributed by atoms with Gasteiger partial charge in [0.2, 0.25) is 0 Å². The second-order valence-corrected chi connectivity index (χ2v) is 10.4. The molecule has 1 aromatic heterocycles. The van der Waals surface area contributed by atoms with Crippen LogP contribution < -0.4 is 10.6 Å². The van der Waals surface area contributed by atoms with E-state index in [1.165, 1.54) is 28.4 Å². The van der Waals surface area contributed by atoms with Gasteiger partial charge in [0, 0.05) is 49.2 Å². The van der Waals surface area contributed by atoms with Gasteiger partial charge in [-0.2, -0.15) is 26.3 Å². The number of amides is 3. The summed E-state index contributed by atoms with van der Waals surface area (Å²) in [5, 5.41) is 16.4. The summed E-state index contributed by atoms with van der Waals surface area (Å²) in [7, 11) is 0. The predicted octanol–water partition coefficient (Wildman–Crippen LogP) is 5.50. The van der Waals surface area contributed by atoms with E-state index in [0.29, 0.717) is 41.6 Å². The number of piperazine rings is 1. The van der Waals surface area contributed by atoms with Crippen LogP contribution in [0.25, 0.3) is 0 Å². The Bertz CT molecular complexity index is 1420. The maximum absolute atomic E-state index is 14.6. The van der Waals surface area contributed by atoms with E-state index < -0.39 is 41.3 Å². The Kier molecular flexibility index (Phi) is 8.80. The number of alkyl halides is 6. The highest BCUT2D eigenvalue weighted by Crippen LogP contribution is 2.50. The number of aryl methyl sites for hydroxylation is 1. The van der Waals surface area contributed by atoms with Crippen LogP contribution in [-0.4, -0.2) is 70.4 Å². The minimum absolute atomic E-state index is 0.0554. The SMILES string of the molecule is Cc1csc(NC(=O)Nc2ccc(C(=O)N3CCN(Cc4ccc(C(O)(C(F)(F)F)C(F)(F)F)cc4)CC3)cc2F)n1. The Hall–Kier alpha value is -3.76. The van der Waals surface area contributed by atoms with Crippen molar-refractivity contribution in [2.75, 3.05) is 36.8 Å². The molecule has 3 N–H and O–H groups in total. The van der Waals surface area contributed by atoms with Crippen LogP contribution in [0.5, 0.6) is 0 Å². The van der Waals surface area contributed by atoms with Crippen molar-refractivity contribution in [3.05, 3.63) is 76.0 Å². The number of benzene rings is 2. The zero-order valence-electron chi connectivity index (χ0n) is 21.8. The van der Waals surface area contributed by atoms with Crippen molar-refractivity contribution in [3.8, 4) is 0 Å². The normalized spacial score (nSPS) is 15.0. The van der Waals surface area contributed by atoms with E-state index in [0.717, 1.165) is 18.2 Å². The number of carbonyl (C=O) groups is 2. The molecule has 0 atom stereocenters. The molecule has 2 aromatic carbocycles. The first kappa shape index (κ1) is 31.2. The lowest BCUT2D eigenvalue weighted by molar-refractivity contribution is -0.376. The quantitative estimate of drug-likeness (QED) is 0.317. The summed E-state index contributed by atoms with van der Waals surface area (Å²) in [5.74, 6) is -1.28. The second kappa shape index (κ2) is 11.9. The van der Waals surface area contributed by atoms with Crippen molar-refractivity contribution < 1.29 is 45.4 Å². The molecule has 1 saturated heterocycles. The van der Waals surface area contributed by atoms with Crippen molar-refractivity contribution in [2.24, 2.45) is 0 Å². The highest BCUT2D eigenvalue weighted by molar-refractivity contribution is 7.13. The molecular weight excluding hydrogens is 595 g/mol. The van der Waals surface area contributed by atoms with Gasteiger partial charge in [0.05, 0.1) is 11.4 Å². The van der Waals surface area contributed by atoms with E-state index in [1.807, 2.05) is 4.90 Å². The van der Waals surface area contributed by atoms with Gasteiger partial charge in [0.25, 0.3) is 11.5 Å². The Morgan fingerprint density at radius 3 is 2.10 bits per heavy atom. The number of thiazole rings is 1. The van der Waals surface area contributed by atoms with Gasteiger partial charge in [0.15, 0.2) is 5.13 Å². The summed E-state index contributed by atoms with van der Waals surface area (Å²) in [6, 6.07) is 6.25. The standard InChI is InChI=1S/C26H24F7N5O3S/c1-15-14-42-23(34-15)36-22(40)35-20-7-4-17(12-19(20)27)21(39)38-10-8-37(9-11-38)13-16-2-5-18(6-3-16)24(41,25(28,29)30)26(31,32)33/h2-7,12,14,41H,8-11,13H2,1H3,(H2,34,35,36,40). The number of nitrogens with one attached hydrogen (secondary N) is 2. The third kappa shape index (κ3) is 6.65. The molecular formula is C26H24F7N5O3S. The van der Waals surface area contributed by atoms with Gasteiger partial charge >= 0.3 is 18.4 Å². The topological polar surface area (TPSA) is 97.8 Å². The average molecular weight is 620 g/mol. The van der Waals surface area contributed by atoms with E-state index in [-0.39, 0.29) is 30.9 Å². The predicted molar refractivity (Wildman–Crippen MR) is 140 cm³/mol. The molecule has 1 fully saturated rings. The van der Waals surface area contributed by atoms with Gasteiger partial charge in [-0.1, -0.05) is 24.3 Å². The first-order valence-electron chi connectivity index (χ1n) is 12.3. The van der Waals surface area contributed by atoms with Crippen molar-refractivity contribution in [2.45, 2.75) is 31.4 Å². The molecule has 1 aliphatic rings. The summed E-state index contributed by atoms with van der Waals surface area (Å²) in [6.45, 7) is 3.06. The number of rotatable bonds is 6. The molecule has 8 nitrogen and oxygen atoms in total. The highest BCUT2D eigenvalue weighted by atomic mass is 32.1. The molecule has 0 bridgehead atoms. The first-order chi connectivity index (χ1) is 19.6. The summed E-state index contributed by atoms with van der Waals surface area (Å²) in [4.78, 5) is 32.4.